The van der Waals surface area contributed by atoms with E-state index >= 15 is 0 Å². The van der Waals surface area contributed by atoms with Crippen LogP contribution in [0.15, 0.2) is 29.2 Å². The van der Waals surface area contributed by atoms with Crippen molar-refractivity contribution < 1.29 is 17.2 Å². The van der Waals surface area contributed by atoms with E-state index < -0.39 is 15.6 Å². The lowest BCUT2D eigenvalue weighted by atomic mass is 9.88. The molecule has 0 radical (unpaired) electrons. The summed E-state index contributed by atoms with van der Waals surface area (Å²) in [5, 5.41) is 2.97. The molecule has 0 amide bonds. The lowest BCUT2D eigenvalue weighted by Gasteiger charge is -2.26. The first-order valence-electron chi connectivity index (χ1n) is 6.61. The van der Waals surface area contributed by atoms with Crippen LogP contribution in [0, 0.1) is 5.41 Å². The number of anilines is 1. The second-order valence-electron chi connectivity index (χ2n) is 5.61. The number of benzene rings is 1. The molecule has 3 nitrogen and oxygen atoms in total. The lowest BCUT2D eigenvalue weighted by molar-refractivity contribution is 0.235. The largest absolute Gasteiger partial charge is 0.383 e. The van der Waals surface area contributed by atoms with E-state index in [1.165, 1.54) is 18.2 Å². The summed E-state index contributed by atoms with van der Waals surface area (Å²) >= 11 is 5.66. The third kappa shape index (κ3) is 5.11. The average Bonchev–Trinajstić information content (AvgIpc) is 2.43. The maximum Gasteiger partial charge on any atom is 0.341 e. The summed E-state index contributed by atoms with van der Waals surface area (Å²) in [5.41, 5.74) is 0.0908. The second kappa shape index (κ2) is 7.40. The first-order valence-corrected chi connectivity index (χ1v) is 8.70. The Morgan fingerprint density at radius 1 is 1.29 bits per heavy atom. The molecule has 0 aliphatic rings. The number of nitrogens with one attached hydrogen (secondary N) is 1. The van der Waals surface area contributed by atoms with Gasteiger partial charge in [-0.1, -0.05) is 26.0 Å². The summed E-state index contributed by atoms with van der Waals surface area (Å²) in [6.45, 7) is 4.49. The predicted octanol–water partition coefficient (Wildman–Crippen LogP) is 4.14. The zero-order valence-electron chi connectivity index (χ0n) is 12.1. The Balaban J connectivity index is 2.91. The maximum absolute atomic E-state index is 12.7. The van der Waals surface area contributed by atoms with Gasteiger partial charge in [0, 0.05) is 12.4 Å². The van der Waals surface area contributed by atoms with E-state index in [4.69, 9.17) is 11.6 Å². The highest BCUT2D eigenvalue weighted by Gasteiger charge is 2.29. The van der Waals surface area contributed by atoms with Crippen LogP contribution in [0.5, 0.6) is 0 Å². The van der Waals surface area contributed by atoms with Crippen molar-refractivity contribution in [1.82, 2.24) is 0 Å². The molecule has 0 spiro atoms. The molecule has 0 unspecified atom stereocenters. The van der Waals surface area contributed by atoms with Crippen molar-refractivity contribution in [3.8, 4) is 0 Å². The standard InChI is InChI=1S/C14H20ClF2NO2S/c1-14(2,8-5-9-15)10-18-11-6-3-4-7-12(11)21(19,20)13(16)17/h3-4,6-7,13,18H,5,8-10H2,1-2H3. The van der Waals surface area contributed by atoms with Gasteiger partial charge in [-0.25, -0.2) is 8.42 Å². The van der Waals surface area contributed by atoms with Crippen LogP contribution in [0.4, 0.5) is 14.5 Å². The molecule has 120 valence electrons. The van der Waals surface area contributed by atoms with Crippen LogP contribution in [0.25, 0.3) is 0 Å². The van der Waals surface area contributed by atoms with Crippen LogP contribution in [0.1, 0.15) is 26.7 Å². The highest BCUT2D eigenvalue weighted by Crippen LogP contribution is 2.28. The molecule has 21 heavy (non-hydrogen) atoms. The minimum absolute atomic E-state index is 0.114. The smallest absolute Gasteiger partial charge is 0.341 e. The number of sulfone groups is 1. The van der Waals surface area contributed by atoms with E-state index in [1.54, 1.807) is 6.07 Å². The van der Waals surface area contributed by atoms with Gasteiger partial charge in [-0.2, -0.15) is 8.78 Å². The number of hydrogen-bond donors (Lipinski definition) is 1. The maximum atomic E-state index is 12.7. The molecule has 1 N–H and O–H groups in total. The molecule has 0 atom stereocenters. The van der Waals surface area contributed by atoms with Gasteiger partial charge in [0.2, 0.25) is 9.84 Å². The van der Waals surface area contributed by atoms with Crippen molar-refractivity contribution in [2.24, 2.45) is 5.41 Å². The van der Waals surface area contributed by atoms with E-state index in [0.717, 1.165) is 12.8 Å². The van der Waals surface area contributed by atoms with Gasteiger partial charge in [0.05, 0.1) is 10.6 Å². The summed E-state index contributed by atoms with van der Waals surface area (Å²) in [6.07, 6.45) is 1.69. The van der Waals surface area contributed by atoms with Gasteiger partial charge in [-0.3, -0.25) is 0 Å². The van der Waals surface area contributed by atoms with Crippen molar-refractivity contribution in [3.63, 3.8) is 0 Å². The summed E-state index contributed by atoms with van der Waals surface area (Å²) in [4.78, 5) is -0.367. The average molecular weight is 340 g/mol. The Kier molecular flexibility index (Phi) is 6.41. The van der Waals surface area contributed by atoms with Gasteiger partial charge >= 0.3 is 5.76 Å². The quantitative estimate of drug-likeness (QED) is 0.724. The summed E-state index contributed by atoms with van der Waals surface area (Å²) < 4.78 is 48.7. The normalized spacial score (nSPS) is 12.7. The Bertz CT molecular complexity index is 562. The third-order valence-electron chi connectivity index (χ3n) is 3.17. The van der Waals surface area contributed by atoms with Crippen molar-refractivity contribution >= 4 is 27.1 Å². The second-order valence-corrected chi connectivity index (χ2v) is 7.88. The van der Waals surface area contributed by atoms with Crippen molar-refractivity contribution in [1.29, 1.82) is 0 Å². The Labute approximate surface area is 129 Å². The van der Waals surface area contributed by atoms with Crippen LogP contribution in [0.3, 0.4) is 0 Å². The Morgan fingerprint density at radius 3 is 2.48 bits per heavy atom. The van der Waals surface area contributed by atoms with E-state index in [9.17, 15) is 17.2 Å². The summed E-state index contributed by atoms with van der Waals surface area (Å²) in [6, 6.07) is 5.72. The molecule has 0 saturated carbocycles. The molecular weight excluding hydrogens is 320 g/mol. The zero-order chi connectivity index (χ0) is 16.1. The van der Waals surface area contributed by atoms with E-state index in [0.29, 0.717) is 12.4 Å². The fourth-order valence-corrected chi connectivity index (χ4v) is 2.97. The molecule has 0 saturated heterocycles. The molecule has 1 aromatic carbocycles. The van der Waals surface area contributed by atoms with E-state index in [-0.39, 0.29) is 16.0 Å². The lowest BCUT2D eigenvalue weighted by Crippen LogP contribution is -2.24. The molecule has 0 aliphatic carbocycles. The number of rotatable bonds is 8. The van der Waals surface area contributed by atoms with Crippen molar-refractivity contribution in [2.45, 2.75) is 37.3 Å². The van der Waals surface area contributed by atoms with Crippen LogP contribution < -0.4 is 5.32 Å². The van der Waals surface area contributed by atoms with Crippen LogP contribution in [0.2, 0.25) is 0 Å². The summed E-state index contributed by atoms with van der Waals surface area (Å²) in [5.74, 6) is -2.87. The molecule has 0 bridgehead atoms. The molecule has 1 rings (SSSR count). The number of hydrogen-bond acceptors (Lipinski definition) is 3. The topological polar surface area (TPSA) is 46.2 Å². The molecule has 0 aliphatic heterocycles. The Hall–Kier alpha value is -0.880. The van der Waals surface area contributed by atoms with Crippen LogP contribution in [-0.4, -0.2) is 26.6 Å². The van der Waals surface area contributed by atoms with Gasteiger partial charge in [0.15, 0.2) is 0 Å². The first kappa shape index (κ1) is 18.2. The number of halogens is 3. The fraction of sp³-hybridized carbons (Fsp3) is 0.571. The fourth-order valence-electron chi connectivity index (χ4n) is 1.93. The third-order valence-corrected chi connectivity index (χ3v) is 4.88. The molecule has 0 heterocycles. The molecule has 0 fully saturated rings. The first-order chi connectivity index (χ1) is 9.70. The predicted molar refractivity (Wildman–Crippen MR) is 81.9 cm³/mol. The minimum Gasteiger partial charge on any atom is -0.383 e. The van der Waals surface area contributed by atoms with Crippen molar-refractivity contribution in [3.05, 3.63) is 24.3 Å². The zero-order valence-corrected chi connectivity index (χ0v) is 13.6. The van der Waals surface area contributed by atoms with Gasteiger partial charge < -0.3 is 5.32 Å². The number of alkyl halides is 3. The van der Waals surface area contributed by atoms with Gasteiger partial charge in [-0.15, -0.1) is 11.6 Å². The van der Waals surface area contributed by atoms with Crippen molar-refractivity contribution in [2.75, 3.05) is 17.7 Å². The van der Waals surface area contributed by atoms with Crippen LogP contribution >= 0.6 is 11.6 Å². The van der Waals surface area contributed by atoms with Gasteiger partial charge in [0.25, 0.3) is 0 Å². The molecule has 1 aromatic rings. The van der Waals surface area contributed by atoms with E-state index in [1.807, 2.05) is 13.8 Å². The van der Waals surface area contributed by atoms with Crippen LogP contribution in [-0.2, 0) is 9.84 Å². The van der Waals surface area contributed by atoms with Gasteiger partial charge in [-0.05, 0) is 30.4 Å². The Morgan fingerprint density at radius 2 is 1.90 bits per heavy atom. The van der Waals surface area contributed by atoms with E-state index in [2.05, 4.69) is 5.32 Å². The summed E-state index contributed by atoms with van der Waals surface area (Å²) in [7, 11) is -4.61. The molecule has 0 aromatic heterocycles. The van der Waals surface area contributed by atoms with Gasteiger partial charge in [0.1, 0.15) is 0 Å². The number of para-hydroxylation sites is 1. The SMILES string of the molecule is CC(C)(CCCCl)CNc1ccccc1S(=O)(=O)C(F)F. The monoisotopic (exact) mass is 339 g/mol. The highest BCUT2D eigenvalue weighted by molar-refractivity contribution is 7.91. The molecule has 7 heteroatoms. The highest BCUT2D eigenvalue weighted by atomic mass is 35.5. The molecular formula is C14H20ClF2NO2S. The minimum atomic E-state index is -4.61.